The van der Waals surface area contributed by atoms with Crippen molar-refractivity contribution in [3.8, 4) is 0 Å². The molecule has 2 saturated heterocycles. The number of nitrogens with zero attached hydrogens (tertiary/aromatic N) is 2. The molecule has 1 N–H and O–H groups in total. The molecule has 0 aliphatic carbocycles. The molecule has 2 heterocycles. The second kappa shape index (κ2) is 8.10. The molecule has 10 heteroatoms. The Morgan fingerprint density at radius 2 is 1.68 bits per heavy atom. The van der Waals surface area contributed by atoms with Gasteiger partial charge in [0.05, 0.1) is 11.2 Å². The first-order valence-electron chi connectivity index (χ1n) is 9.43. The highest BCUT2D eigenvalue weighted by Crippen LogP contribution is 2.27. The number of rotatable bonds is 5. The van der Waals surface area contributed by atoms with Gasteiger partial charge >= 0.3 is 0 Å². The first kappa shape index (κ1) is 21.2. The molecular formula is C18H27N3O5S2. The summed E-state index contributed by atoms with van der Waals surface area (Å²) in [4.78, 5) is 13.0. The Morgan fingerprint density at radius 1 is 1.04 bits per heavy atom. The number of carbonyl (C=O) groups excluding carboxylic acids is 1. The Hall–Kier alpha value is -1.49. The summed E-state index contributed by atoms with van der Waals surface area (Å²) in [6, 6.07) is 5.52. The van der Waals surface area contributed by atoms with Crippen LogP contribution in [0.3, 0.4) is 0 Å². The van der Waals surface area contributed by atoms with Crippen molar-refractivity contribution in [3.63, 3.8) is 0 Å². The van der Waals surface area contributed by atoms with Crippen molar-refractivity contribution in [2.75, 3.05) is 25.9 Å². The number of hydrogen-bond donors (Lipinski definition) is 1. The zero-order chi connectivity index (χ0) is 20.5. The zero-order valence-corrected chi connectivity index (χ0v) is 17.8. The second-order valence-corrected chi connectivity index (χ2v) is 11.4. The monoisotopic (exact) mass is 429 g/mol. The van der Waals surface area contributed by atoms with Crippen LogP contribution in [-0.2, 0) is 24.8 Å². The molecule has 2 fully saturated rings. The number of nitrogens with one attached hydrogen (secondary N) is 1. The van der Waals surface area contributed by atoms with Gasteiger partial charge in [0.2, 0.25) is 26.0 Å². The smallest absolute Gasteiger partial charge is 0.243 e. The van der Waals surface area contributed by atoms with E-state index >= 15 is 0 Å². The third-order valence-electron chi connectivity index (χ3n) is 5.33. The van der Waals surface area contributed by atoms with Crippen LogP contribution < -0.4 is 5.32 Å². The minimum atomic E-state index is -3.76. The fourth-order valence-electron chi connectivity index (χ4n) is 3.79. The van der Waals surface area contributed by atoms with Gasteiger partial charge in [0, 0.05) is 25.7 Å². The Labute approximate surface area is 167 Å². The normalized spacial score (nSPS) is 24.9. The van der Waals surface area contributed by atoms with Crippen molar-refractivity contribution in [2.24, 2.45) is 0 Å². The number of carbonyl (C=O) groups is 1. The van der Waals surface area contributed by atoms with Gasteiger partial charge in [-0.05, 0) is 44.7 Å². The molecule has 0 radical (unpaired) electrons. The van der Waals surface area contributed by atoms with Crippen LogP contribution in [0.15, 0.2) is 29.2 Å². The lowest BCUT2D eigenvalue weighted by atomic mass is 10.1. The van der Waals surface area contributed by atoms with E-state index < -0.39 is 26.1 Å². The van der Waals surface area contributed by atoms with Crippen molar-refractivity contribution in [1.29, 1.82) is 0 Å². The van der Waals surface area contributed by atoms with Crippen molar-refractivity contribution < 1.29 is 21.6 Å². The third kappa shape index (κ3) is 4.56. The Kier molecular flexibility index (Phi) is 6.14. The number of benzene rings is 1. The SMILES string of the molecule is Cc1ccc(S(=O)(=O)N2CCC[C@H]2C(=O)NC2CCCN(S(C)(=O)=O)C2)cc1. The highest BCUT2D eigenvalue weighted by molar-refractivity contribution is 7.89. The lowest BCUT2D eigenvalue weighted by Gasteiger charge is -2.32. The molecule has 1 aromatic rings. The predicted molar refractivity (Wildman–Crippen MR) is 106 cm³/mol. The van der Waals surface area contributed by atoms with Gasteiger partial charge in [-0.15, -0.1) is 0 Å². The summed E-state index contributed by atoms with van der Waals surface area (Å²) < 4.78 is 52.1. The Balaban J connectivity index is 1.72. The van der Waals surface area contributed by atoms with Crippen LogP contribution in [0.4, 0.5) is 0 Å². The quantitative estimate of drug-likeness (QED) is 0.742. The zero-order valence-electron chi connectivity index (χ0n) is 16.2. The molecule has 1 unspecified atom stereocenters. The predicted octanol–water partition coefficient (Wildman–Crippen LogP) is 0.688. The summed E-state index contributed by atoms with van der Waals surface area (Å²) in [5, 5.41) is 2.87. The molecule has 0 aromatic heterocycles. The van der Waals surface area contributed by atoms with Crippen LogP contribution in [0.1, 0.15) is 31.2 Å². The third-order valence-corrected chi connectivity index (χ3v) is 8.53. The lowest BCUT2D eigenvalue weighted by molar-refractivity contribution is -0.125. The maximum absolute atomic E-state index is 13.0. The molecular weight excluding hydrogens is 402 g/mol. The van der Waals surface area contributed by atoms with Crippen LogP contribution in [0, 0.1) is 6.92 Å². The summed E-state index contributed by atoms with van der Waals surface area (Å²) in [7, 11) is -7.07. The molecule has 3 rings (SSSR count). The van der Waals surface area contributed by atoms with Crippen molar-refractivity contribution in [3.05, 3.63) is 29.8 Å². The fourth-order valence-corrected chi connectivity index (χ4v) is 6.36. The molecule has 2 aliphatic rings. The second-order valence-electron chi connectivity index (χ2n) is 7.56. The van der Waals surface area contributed by atoms with Gasteiger partial charge in [-0.25, -0.2) is 21.1 Å². The lowest BCUT2D eigenvalue weighted by Crippen LogP contribution is -2.53. The first-order chi connectivity index (χ1) is 13.1. The van der Waals surface area contributed by atoms with Crippen LogP contribution >= 0.6 is 0 Å². The first-order valence-corrected chi connectivity index (χ1v) is 12.7. The number of amides is 1. The van der Waals surface area contributed by atoms with Gasteiger partial charge in [-0.1, -0.05) is 17.7 Å². The molecule has 2 aliphatic heterocycles. The summed E-state index contributed by atoms with van der Waals surface area (Å²) in [6.45, 7) is 2.85. The Morgan fingerprint density at radius 3 is 2.32 bits per heavy atom. The molecule has 8 nitrogen and oxygen atoms in total. The molecule has 1 amide bonds. The van der Waals surface area contributed by atoms with Crippen LogP contribution in [0.25, 0.3) is 0 Å². The van der Waals surface area contributed by atoms with Gasteiger partial charge in [0.1, 0.15) is 6.04 Å². The summed E-state index contributed by atoms with van der Waals surface area (Å²) in [6.07, 6.45) is 3.57. The Bertz CT molecular complexity index is 928. The standard InChI is InChI=1S/C18H27N3O5S2/c1-14-7-9-16(10-8-14)28(25,26)21-12-4-6-17(21)18(22)19-15-5-3-11-20(13-15)27(2,23)24/h7-10,15,17H,3-6,11-13H2,1-2H3,(H,19,22)/t15?,17-/m0/s1. The van der Waals surface area contributed by atoms with E-state index in [1.807, 2.05) is 6.92 Å². The van der Waals surface area contributed by atoms with Gasteiger partial charge in [-0.2, -0.15) is 4.31 Å². The average molecular weight is 430 g/mol. The van der Waals surface area contributed by atoms with E-state index in [-0.39, 0.29) is 23.4 Å². The molecule has 2 atom stereocenters. The minimum absolute atomic E-state index is 0.179. The molecule has 1 aromatic carbocycles. The van der Waals surface area contributed by atoms with Crippen LogP contribution in [-0.4, -0.2) is 69.3 Å². The number of sulfonamides is 2. The summed E-state index contributed by atoms with van der Waals surface area (Å²) >= 11 is 0. The van der Waals surface area contributed by atoms with Gasteiger partial charge in [0.25, 0.3) is 0 Å². The van der Waals surface area contributed by atoms with Crippen LogP contribution in [0.2, 0.25) is 0 Å². The fraction of sp³-hybridized carbons (Fsp3) is 0.611. The summed E-state index contributed by atoms with van der Waals surface area (Å²) in [5.74, 6) is -0.353. The highest BCUT2D eigenvalue weighted by Gasteiger charge is 2.40. The minimum Gasteiger partial charge on any atom is -0.351 e. The van der Waals surface area contributed by atoms with E-state index in [2.05, 4.69) is 5.32 Å². The van der Waals surface area contributed by atoms with E-state index in [0.29, 0.717) is 38.8 Å². The largest absolute Gasteiger partial charge is 0.351 e. The molecule has 0 spiro atoms. The van der Waals surface area contributed by atoms with E-state index in [0.717, 1.165) is 11.8 Å². The topological polar surface area (TPSA) is 104 Å². The van der Waals surface area contributed by atoms with E-state index in [1.54, 1.807) is 24.3 Å². The van der Waals surface area contributed by atoms with Gasteiger partial charge in [0.15, 0.2) is 0 Å². The van der Waals surface area contributed by atoms with E-state index in [9.17, 15) is 21.6 Å². The van der Waals surface area contributed by atoms with E-state index in [1.165, 1.54) is 8.61 Å². The molecule has 0 bridgehead atoms. The van der Waals surface area contributed by atoms with Crippen LogP contribution in [0.5, 0.6) is 0 Å². The average Bonchev–Trinajstić information content (AvgIpc) is 3.12. The van der Waals surface area contributed by atoms with Crippen molar-refractivity contribution in [1.82, 2.24) is 13.9 Å². The van der Waals surface area contributed by atoms with Crippen molar-refractivity contribution >= 4 is 26.0 Å². The molecule has 156 valence electrons. The number of piperidine rings is 1. The van der Waals surface area contributed by atoms with Gasteiger partial charge in [-0.3, -0.25) is 4.79 Å². The number of aryl methyl sites for hydroxylation is 1. The maximum Gasteiger partial charge on any atom is 0.243 e. The van der Waals surface area contributed by atoms with Crippen molar-refractivity contribution in [2.45, 2.75) is 49.6 Å². The molecule has 28 heavy (non-hydrogen) atoms. The highest BCUT2D eigenvalue weighted by atomic mass is 32.2. The van der Waals surface area contributed by atoms with E-state index in [4.69, 9.17) is 0 Å². The maximum atomic E-state index is 13.0. The summed E-state index contributed by atoms with van der Waals surface area (Å²) in [5.41, 5.74) is 0.961. The number of hydrogen-bond acceptors (Lipinski definition) is 5. The van der Waals surface area contributed by atoms with Gasteiger partial charge < -0.3 is 5.32 Å². The molecule has 0 saturated carbocycles.